The maximum absolute atomic E-state index is 12.8. The Balaban J connectivity index is 2.02. The Bertz CT molecular complexity index is 949. The fourth-order valence-electron chi connectivity index (χ4n) is 2.60. The number of hydrogen-bond donors (Lipinski definition) is 2. The number of urea groups is 1. The molecule has 1 fully saturated rings. The second-order valence-corrected chi connectivity index (χ2v) is 5.55. The number of phenols is 1. The zero-order valence-electron chi connectivity index (χ0n) is 14.6. The number of carbonyl (C=O) groups is 3. The lowest BCUT2D eigenvalue weighted by atomic mass is 10.1. The Hall–Kier alpha value is -3.81. The minimum Gasteiger partial charge on any atom is -0.504 e. The van der Waals surface area contributed by atoms with Gasteiger partial charge >= 0.3 is 6.03 Å². The number of nitrogens with zero attached hydrogens (tertiary/aromatic N) is 1. The van der Waals surface area contributed by atoms with Gasteiger partial charge in [0, 0.05) is 5.56 Å². The van der Waals surface area contributed by atoms with Crippen LogP contribution >= 0.6 is 0 Å². The van der Waals surface area contributed by atoms with Crippen LogP contribution in [-0.2, 0) is 9.59 Å². The van der Waals surface area contributed by atoms with Gasteiger partial charge in [-0.25, -0.2) is 9.69 Å². The number of rotatable bonds is 4. The average molecular weight is 368 g/mol. The lowest BCUT2D eigenvalue weighted by Gasteiger charge is -2.26. The van der Waals surface area contributed by atoms with E-state index >= 15 is 0 Å². The summed E-state index contributed by atoms with van der Waals surface area (Å²) in [5.41, 5.74) is 0.178. The monoisotopic (exact) mass is 368 g/mol. The zero-order chi connectivity index (χ0) is 19.6. The summed E-state index contributed by atoms with van der Waals surface area (Å²) in [4.78, 5) is 38.0. The molecule has 4 amide bonds. The molecule has 1 aliphatic rings. The standard InChI is InChI=1S/C19H16N2O6/c1-26-13-8-6-12(7-9-13)21-18(24)14(17(23)20-19(21)25)10-11-4-3-5-15(27-2)16(11)22/h3-10,22H,1-2H3,(H,20,23,25). The minimum absolute atomic E-state index is 0.191. The molecule has 0 saturated carbocycles. The van der Waals surface area contributed by atoms with Crippen molar-refractivity contribution in [3.05, 3.63) is 53.6 Å². The van der Waals surface area contributed by atoms with Gasteiger partial charge in [-0.2, -0.15) is 0 Å². The summed E-state index contributed by atoms with van der Waals surface area (Å²) >= 11 is 0. The number of para-hydroxylation sites is 1. The number of hydrogen-bond acceptors (Lipinski definition) is 6. The van der Waals surface area contributed by atoms with Gasteiger partial charge in [-0.1, -0.05) is 12.1 Å². The Morgan fingerprint density at radius 2 is 1.70 bits per heavy atom. The predicted molar refractivity (Wildman–Crippen MR) is 96.7 cm³/mol. The van der Waals surface area contributed by atoms with Gasteiger partial charge in [0.1, 0.15) is 11.3 Å². The number of aromatic hydroxyl groups is 1. The van der Waals surface area contributed by atoms with Crippen molar-refractivity contribution in [3.8, 4) is 17.2 Å². The number of imide groups is 2. The van der Waals surface area contributed by atoms with E-state index in [0.717, 1.165) is 4.90 Å². The molecule has 1 aliphatic heterocycles. The first-order valence-electron chi connectivity index (χ1n) is 7.87. The SMILES string of the molecule is COc1ccc(N2C(=O)NC(=O)C(=Cc3cccc(OC)c3O)C2=O)cc1. The van der Waals surface area contributed by atoms with Gasteiger partial charge < -0.3 is 14.6 Å². The molecule has 0 atom stereocenters. The van der Waals surface area contributed by atoms with Crippen LogP contribution < -0.4 is 19.7 Å². The number of amides is 4. The van der Waals surface area contributed by atoms with Crippen LogP contribution in [0.4, 0.5) is 10.5 Å². The van der Waals surface area contributed by atoms with Gasteiger partial charge in [0.15, 0.2) is 11.5 Å². The second kappa shape index (κ2) is 7.20. The summed E-state index contributed by atoms with van der Waals surface area (Å²) in [6.07, 6.45) is 1.21. The molecule has 0 radical (unpaired) electrons. The third-order valence-corrected chi connectivity index (χ3v) is 3.98. The van der Waals surface area contributed by atoms with Crippen molar-refractivity contribution < 1.29 is 29.0 Å². The lowest BCUT2D eigenvalue weighted by Crippen LogP contribution is -2.54. The molecule has 0 unspecified atom stereocenters. The second-order valence-electron chi connectivity index (χ2n) is 5.55. The molecule has 138 valence electrons. The van der Waals surface area contributed by atoms with E-state index in [9.17, 15) is 19.5 Å². The summed E-state index contributed by atoms with van der Waals surface area (Å²) in [7, 11) is 2.88. The van der Waals surface area contributed by atoms with E-state index in [0.29, 0.717) is 5.75 Å². The molecule has 0 bridgehead atoms. The van der Waals surface area contributed by atoms with E-state index in [2.05, 4.69) is 5.32 Å². The number of methoxy groups -OCH3 is 2. The van der Waals surface area contributed by atoms with E-state index in [1.807, 2.05) is 0 Å². The van der Waals surface area contributed by atoms with Crippen molar-refractivity contribution in [1.82, 2.24) is 5.32 Å². The summed E-state index contributed by atoms with van der Waals surface area (Å²) in [6.45, 7) is 0. The number of benzene rings is 2. The fourth-order valence-corrected chi connectivity index (χ4v) is 2.60. The molecule has 0 aromatic heterocycles. The number of phenolic OH excluding ortho intramolecular Hbond substituents is 1. The fraction of sp³-hybridized carbons (Fsp3) is 0.105. The van der Waals surface area contributed by atoms with Gasteiger partial charge in [-0.05, 0) is 36.4 Å². The summed E-state index contributed by atoms with van der Waals surface area (Å²) in [6, 6.07) is 10.0. The Morgan fingerprint density at radius 3 is 2.33 bits per heavy atom. The smallest absolute Gasteiger partial charge is 0.335 e. The molecule has 1 saturated heterocycles. The number of nitrogens with one attached hydrogen (secondary N) is 1. The van der Waals surface area contributed by atoms with Crippen LogP contribution in [0.15, 0.2) is 48.0 Å². The van der Waals surface area contributed by atoms with E-state index in [4.69, 9.17) is 9.47 Å². The van der Waals surface area contributed by atoms with Gasteiger partial charge in [-0.3, -0.25) is 14.9 Å². The van der Waals surface area contributed by atoms with E-state index in [1.165, 1.54) is 44.6 Å². The Morgan fingerprint density at radius 1 is 1.00 bits per heavy atom. The van der Waals surface area contributed by atoms with Crippen LogP contribution in [0, 0.1) is 0 Å². The summed E-state index contributed by atoms with van der Waals surface area (Å²) in [5.74, 6) is -1.14. The van der Waals surface area contributed by atoms with E-state index in [1.54, 1.807) is 18.2 Å². The lowest BCUT2D eigenvalue weighted by molar-refractivity contribution is -0.122. The number of ether oxygens (including phenoxy) is 2. The first-order valence-corrected chi connectivity index (χ1v) is 7.87. The molecule has 0 aliphatic carbocycles. The van der Waals surface area contributed by atoms with Crippen molar-refractivity contribution in [1.29, 1.82) is 0 Å². The van der Waals surface area contributed by atoms with Crippen molar-refractivity contribution >= 4 is 29.6 Å². The third kappa shape index (κ3) is 3.32. The normalized spacial score (nSPS) is 15.7. The molecule has 2 aromatic carbocycles. The highest BCUT2D eigenvalue weighted by molar-refractivity contribution is 6.39. The average Bonchev–Trinajstić information content (AvgIpc) is 2.66. The highest BCUT2D eigenvalue weighted by atomic mass is 16.5. The number of carbonyl (C=O) groups excluding carboxylic acids is 3. The quantitative estimate of drug-likeness (QED) is 0.632. The summed E-state index contributed by atoms with van der Waals surface area (Å²) in [5, 5.41) is 12.3. The maximum atomic E-state index is 12.8. The van der Waals surface area contributed by atoms with Crippen LogP contribution in [0.3, 0.4) is 0 Å². The first-order chi connectivity index (χ1) is 13.0. The van der Waals surface area contributed by atoms with Crippen LogP contribution in [0.25, 0.3) is 6.08 Å². The molecule has 3 rings (SSSR count). The highest BCUT2D eigenvalue weighted by Gasteiger charge is 2.37. The Kier molecular flexibility index (Phi) is 4.80. The van der Waals surface area contributed by atoms with Crippen LogP contribution in [-0.4, -0.2) is 37.2 Å². The first kappa shape index (κ1) is 18.0. The minimum atomic E-state index is -0.859. The molecule has 1 heterocycles. The molecule has 8 heteroatoms. The Labute approximate surface area is 154 Å². The predicted octanol–water partition coefficient (Wildman–Crippen LogP) is 2.08. The molecule has 0 spiro atoms. The van der Waals surface area contributed by atoms with Crippen molar-refractivity contribution in [2.45, 2.75) is 0 Å². The molecule has 2 N–H and O–H groups in total. The molecule has 27 heavy (non-hydrogen) atoms. The zero-order valence-corrected chi connectivity index (χ0v) is 14.6. The topological polar surface area (TPSA) is 105 Å². The van der Waals surface area contributed by atoms with Crippen molar-refractivity contribution in [3.63, 3.8) is 0 Å². The van der Waals surface area contributed by atoms with Crippen molar-refractivity contribution in [2.24, 2.45) is 0 Å². The maximum Gasteiger partial charge on any atom is 0.335 e. The van der Waals surface area contributed by atoms with Gasteiger partial charge in [0.2, 0.25) is 0 Å². The van der Waals surface area contributed by atoms with E-state index in [-0.39, 0.29) is 28.3 Å². The van der Waals surface area contributed by atoms with Gasteiger partial charge in [0.25, 0.3) is 11.8 Å². The van der Waals surface area contributed by atoms with Gasteiger partial charge in [0.05, 0.1) is 19.9 Å². The molecule has 2 aromatic rings. The summed E-state index contributed by atoms with van der Waals surface area (Å²) < 4.78 is 10.1. The number of barbiturate groups is 1. The molecular weight excluding hydrogens is 352 g/mol. The largest absolute Gasteiger partial charge is 0.504 e. The molecular formula is C19H16N2O6. The van der Waals surface area contributed by atoms with Crippen molar-refractivity contribution in [2.75, 3.05) is 19.1 Å². The third-order valence-electron chi connectivity index (χ3n) is 3.98. The molecule has 8 nitrogen and oxygen atoms in total. The van der Waals surface area contributed by atoms with E-state index < -0.39 is 17.8 Å². The van der Waals surface area contributed by atoms with Crippen LogP contribution in [0.1, 0.15) is 5.56 Å². The van der Waals surface area contributed by atoms with Crippen LogP contribution in [0.5, 0.6) is 17.2 Å². The number of anilines is 1. The highest BCUT2D eigenvalue weighted by Crippen LogP contribution is 2.32. The van der Waals surface area contributed by atoms with Gasteiger partial charge in [-0.15, -0.1) is 0 Å². The van der Waals surface area contributed by atoms with Crippen LogP contribution in [0.2, 0.25) is 0 Å².